The lowest BCUT2D eigenvalue weighted by molar-refractivity contribution is 0.375. The van der Waals surface area contributed by atoms with Crippen LogP contribution in [0.2, 0.25) is 0 Å². The Morgan fingerprint density at radius 2 is 0.690 bits per heavy atom. The van der Waals surface area contributed by atoms with Crippen molar-refractivity contribution in [2.75, 3.05) is 0 Å². The molecule has 0 nitrogen and oxygen atoms in total. The lowest BCUT2D eigenvalue weighted by Gasteiger charge is -2.21. The molecule has 0 N–H and O–H groups in total. The van der Waals surface area contributed by atoms with Crippen LogP contribution < -0.4 is 0 Å². The first-order valence-electron chi connectivity index (χ1n) is 10.7. The fraction of sp³-hybridized carbons (Fsp3) is 0. The second-order valence-electron chi connectivity index (χ2n) is 8.17. The van der Waals surface area contributed by atoms with Crippen molar-refractivity contribution in [1.82, 2.24) is 0 Å². The van der Waals surface area contributed by atoms with Gasteiger partial charge >= 0.3 is 0 Å². The molecule has 42 heavy (non-hydrogen) atoms. The van der Waals surface area contributed by atoms with E-state index in [2.05, 4.69) is 0 Å². The third-order valence-electron chi connectivity index (χ3n) is 5.88. The van der Waals surface area contributed by atoms with Gasteiger partial charge in [0.25, 0.3) is 0 Å². The molecule has 0 spiro atoms. The summed E-state index contributed by atoms with van der Waals surface area (Å²) < 4.78 is 214. The van der Waals surface area contributed by atoms with Gasteiger partial charge in [0.15, 0.2) is 69.8 Å². The van der Waals surface area contributed by atoms with Crippen molar-refractivity contribution in [1.29, 1.82) is 0 Å². The van der Waals surface area contributed by atoms with Crippen molar-refractivity contribution in [3.8, 4) is 11.1 Å². The van der Waals surface area contributed by atoms with Gasteiger partial charge < -0.3 is 0 Å². The van der Waals surface area contributed by atoms with E-state index >= 15 is 0 Å². The van der Waals surface area contributed by atoms with E-state index in [9.17, 15) is 65.9 Å². The maximum atomic E-state index is 15.0. The molecule has 2 radical (unpaired) electrons. The first kappa shape index (κ1) is 30.6. The van der Waals surface area contributed by atoms with E-state index in [4.69, 9.17) is 7.85 Å². The number of benzene rings is 4. The first-order chi connectivity index (χ1) is 19.6. The van der Waals surface area contributed by atoms with E-state index in [1.807, 2.05) is 0 Å². The quantitative estimate of drug-likeness (QED) is 0.0713. The average molecular weight is 612 g/mol. The Bertz CT molecular complexity index is 1760. The minimum Gasteiger partial charge on any atom is -0.203 e. The fourth-order valence-corrected chi connectivity index (χ4v) is 3.97. The van der Waals surface area contributed by atoms with Crippen LogP contribution in [0.1, 0.15) is 16.7 Å². The molecule has 4 aromatic rings. The van der Waals surface area contributed by atoms with Crippen LogP contribution in [0.25, 0.3) is 22.2 Å². The Kier molecular flexibility index (Phi) is 7.87. The predicted octanol–water partition coefficient (Wildman–Crippen LogP) is 8.53. The minimum atomic E-state index is -2.82. The summed E-state index contributed by atoms with van der Waals surface area (Å²) in [6, 6.07) is 2.47. The first-order valence-corrected chi connectivity index (χ1v) is 10.7. The summed E-state index contributed by atoms with van der Waals surface area (Å²) in [5, 5.41) is 0. The Labute approximate surface area is 224 Å². The van der Waals surface area contributed by atoms with E-state index < -0.39 is 126 Å². The third kappa shape index (κ3) is 4.39. The predicted molar refractivity (Wildman–Crippen MR) is 116 cm³/mol. The summed E-state index contributed by atoms with van der Waals surface area (Å²) in [5.41, 5.74) is -12.8. The molecule has 0 aliphatic rings. The van der Waals surface area contributed by atoms with Crippen LogP contribution in [-0.4, -0.2) is 7.85 Å². The highest BCUT2D eigenvalue weighted by atomic mass is 19.2. The van der Waals surface area contributed by atoms with Gasteiger partial charge in [-0.15, -0.1) is 0 Å². The lowest BCUT2D eigenvalue weighted by atomic mass is 9.76. The fourth-order valence-electron chi connectivity index (χ4n) is 3.97. The lowest BCUT2D eigenvalue weighted by Crippen LogP contribution is -2.13. The van der Waals surface area contributed by atoms with E-state index in [0.29, 0.717) is 12.1 Å². The molecule has 4 rings (SSSR count). The molecule has 216 valence electrons. The number of hydrogen-bond donors (Lipinski definition) is 0. The zero-order valence-electron chi connectivity index (χ0n) is 19.6. The van der Waals surface area contributed by atoms with Gasteiger partial charge in [0, 0.05) is 5.56 Å². The molecule has 0 heterocycles. The van der Waals surface area contributed by atoms with Crippen molar-refractivity contribution >= 4 is 18.9 Å². The zero-order valence-corrected chi connectivity index (χ0v) is 19.6. The van der Waals surface area contributed by atoms with Gasteiger partial charge in [0.2, 0.25) is 17.5 Å². The molecule has 0 bridgehead atoms. The van der Waals surface area contributed by atoms with E-state index in [1.165, 1.54) is 0 Å². The Balaban J connectivity index is 2.31. The highest BCUT2D eigenvalue weighted by Crippen LogP contribution is 2.43. The topological polar surface area (TPSA) is 0 Å². The van der Waals surface area contributed by atoms with Crippen LogP contribution in [0.15, 0.2) is 24.3 Å². The minimum absolute atomic E-state index is 0.444. The molecule has 0 amide bonds. The average Bonchev–Trinajstić information content (AvgIpc) is 2.97. The monoisotopic (exact) mass is 612 g/mol. The Morgan fingerprint density at radius 3 is 1.10 bits per heavy atom. The summed E-state index contributed by atoms with van der Waals surface area (Å²) in [7, 11) is 5.55. The summed E-state index contributed by atoms with van der Waals surface area (Å²) >= 11 is 0. The standard InChI is InChI=1S/C26H4BF15/c27-11(10-16(32)22(38)26(42)23(39)17(10)33)7(9-14(30)20(36)25(41)21(37)15(9)31)5-3-1-2-4-6(5)8-12(28)18(34)24(40)19(35)13(8)29/h1-4H/b11-7-. The van der Waals surface area contributed by atoms with Crippen LogP contribution >= 0.6 is 0 Å². The maximum absolute atomic E-state index is 15.0. The van der Waals surface area contributed by atoms with E-state index in [1.54, 1.807) is 0 Å². The normalized spacial score (nSPS) is 12.2. The molecule has 16 heteroatoms. The molecule has 0 saturated heterocycles. The molecule has 0 aliphatic carbocycles. The van der Waals surface area contributed by atoms with Gasteiger partial charge in [0.1, 0.15) is 7.85 Å². The molecule has 0 saturated carbocycles. The van der Waals surface area contributed by atoms with Crippen molar-refractivity contribution in [3.05, 3.63) is 128 Å². The highest BCUT2D eigenvalue weighted by molar-refractivity contribution is 6.48. The summed E-state index contributed by atoms with van der Waals surface area (Å²) in [6.07, 6.45) is 0. The molecule has 4 aromatic carbocycles. The molecule has 0 aliphatic heterocycles. The smallest absolute Gasteiger partial charge is 0.200 e. The molecular formula is C26H4BF15. The second kappa shape index (κ2) is 10.8. The van der Waals surface area contributed by atoms with E-state index in [-0.39, 0.29) is 0 Å². The number of hydrogen-bond acceptors (Lipinski definition) is 0. The van der Waals surface area contributed by atoms with Crippen molar-refractivity contribution in [3.63, 3.8) is 0 Å². The van der Waals surface area contributed by atoms with Crippen LogP contribution in [0, 0.1) is 87.3 Å². The Hall–Kier alpha value is -4.37. The second-order valence-corrected chi connectivity index (χ2v) is 8.17. The maximum Gasteiger partial charge on any atom is 0.200 e. The van der Waals surface area contributed by atoms with Gasteiger partial charge in [0.05, 0.1) is 11.1 Å². The van der Waals surface area contributed by atoms with Crippen LogP contribution in [0.3, 0.4) is 0 Å². The highest BCUT2D eigenvalue weighted by Gasteiger charge is 2.35. The van der Waals surface area contributed by atoms with Gasteiger partial charge in [-0.05, 0) is 16.7 Å². The molecule has 0 atom stereocenters. The molecular weight excluding hydrogens is 608 g/mol. The SMILES string of the molecule is [B]/C(=C(/c1ccccc1-c1c(F)c(F)c(F)c(F)c1F)c1c(F)c(F)c(F)c(F)c1F)c1c(F)c(F)c(F)c(F)c1F. The summed E-state index contributed by atoms with van der Waals surface area (Å²) in [4.78, 5) is 0. The van der Waals surface area contributed by atoms with Gasteiger partial charge in [-0.3, -0.25) is 0 Å². The molecule has 0 fully saturated rings. The van der Waals surface area contributed by atoms with Crippen molar-refractivity contribution in [2.45, 2.75) is 0 Å². The van der Waals surface area contributed by atoms with Gasteiger partial charge in [-0.2, -0.15) is 0 Å². The van der Waals surface area contributed by atoms with E-state index in [0.717, 1.165) is 12.1 Å². The van der Waals surface area contributed by atoms with Crippen molar-refractivity contribution in [2.24, 2.45) is 0 Å². The van der Waals surface area contributed by atoms with Crippen LogP contribution in [0.4, 0.5) is 65.9 Å². The zero-order chi connectivity index (χ0) is 31.5. The van der Waals surface area contributed by atoms with Crippen LogP contribution in [-0.2, 0) is 0 Å². The van der Waals surface area contributed by atoms with Gasteiger partial charge in [-0.25, -0.2) is 65.9 Å². The third-order valence-corrected chi connectivity index (χ3v) is 5.88. The van der Waals surface area contributed by atoms with Gasteiger partial charge in [-0.1, -0.05) is 29.7 Å². The number of rotatable bonds is 4. The van der Waals surface area contributed by atoms with Crippen molar-refractivity contribution < 1.29 is 65.9 Å². The molecule has 0 aromatic heterocycles. The molecule has 0 unspecified atom stereocenters. The largest absolute Gasteiger partial charge is 0.203 e. The Morgan fingerprint density at radius 1 is 0.381 bits per heavy atom. The summed E-state index contributed by atoms with van der Waals surface area (Å²) in [6.45, 7) is 0. The number of halogens is 15. The summed E-state index contributed by atoms with van der Waals surface area (Å²) in [5.74, 6) is -40.7. The van der Waals surface area contributed by atoms with Crippen LogP contribution in [0.5, 0.6) is 0 Å².